The van der Waals surface area contributed by atoms with Crippen molar-refractivity contribution in [1.29, 1.82) is 0 Å². The van der Waals surface area contributed by atoms with E-state index in [2.05, 4.69) is 33.0 Å². The molecule has 1 aromatic heterocycles. The number of hydrogen-bond acceptors (Lipinski definition) is 2. The molecule has 4 rings (SSSR count). The van der Waals surface area contributed by atoms with Gasteiger partial charge in [0.1, 0.15) is 0 Å². The summed E-state index contributed by atoms with van der Waals surface area (Å²) in [5.74, 6) is 0.757. The summed E-state index contributed by atoms with van der Waals surface area (Å²) >= 11 is 3.50. The first-order valence-corrected chi connectivity index (χ1v) is 8.03. The molecule has 0 N–H and O–H groups in total. The van der Waals surface area contributed by atoms with E-state index in [9.17, 15) is 4.79 Å². The summed E-state index contributed by atoms with van der Waals surface area (Å²) in [5, 5.41) is 0. The van der Waals surface area contributed by atoms with Crippen LogP contribution in [0.3, 0.4) is 0 Å². The van der Waals surface area contributed by atoms with Crippen molar-refractivity contribution in [3.05, 3.63) is 58.3 Å². The number of fused-ring (bicyclic) bond motifs is 1. The van der Waals surface area contributed by atoms with Crippen LogP contribution in [0.2, 0.25) is 0 Å². The molecule has 1 fully saturated rings. The molecule has 0 saturated heterocycles. The van der Waals surface area contributed by atoms with Crippen LogP contribution in [0.1, 0.15) is 23.5 Å². The lowest BCUT2D eigenvalue weighted by Crippen LogP contribution is -2.30. The SMILES string of the molecule is O=C([C@@H]1C[C@@H]1c1cccc(Br)c1)N1CCc2ccncc21. The number of halogens is 1. The van der Waals surface area contributed by atoms with Crippen molar-refractivity contribution in [2.75, 3.05) is 11.4 Å². The van der Waals surface area contributed by atoms with Crippen molar-refractivity contribution < 1.29 is 4.79 Å². The van der Waals surface area contributed by atoms with E-state index in [4.69, 9.17) is 0 Å². The average molecular weight is 343 g/mol. The fourth-order valence-corrected chi connectivity index (χ4v) is 3.64. The van der Waals surface area contributed by atoms with Gasteiger partial charge in [-0.15, -0.1) is 0 Å². The summed E-state index contributed by atoms with van der Waals surface area (Å²) in [5.41, 5.74) is 3.49. The third kappa shape index (κ3) is 2.27. The van der Waals surface area contributed by atoms with Gasteiger partial charge in [-0.3, -0.25) is 9.78 Å². The predicted octanol–water partition coefficient (Wildman–Crippen LogP) is 3.54. The number of rotatable bonds is 2. The molecule has 2 aromatic rings. The number of nitrogens with zero attached hydrogens (tertiary/aromatic N) is 2. The Bertz CT molecular complexity index is 715. The van der Waals surface area contributed by atoms with Crippen LogP contribution in [0.25, 0.3) is 0 Å². The number of carbonyl (C=O) groups is 1. The van der Waals surface area contributed by atoms with Gasteiger partial charge in [0.25, 0.3) is 0 Å². The third-order valence-electron chi connectivity index (χ3n) is 4.43. The number of benzene rings is 1. The fraction of sp³-hybridized carbons (Fsp3) is 0.294. The van der Waals surface area contributed by atoms with Crippen LogP contribution in [-0.2, 0) is 11.2 Å². The predicted molar refractivity (Wildman–Crippen MR) is 85.3 cm³/mol. The van der Waals surface area contributed by atoms with Crippen molar-refractivity contribution in [1.82, 2.24) is 4.98 Å². The Hall–Kier alpha value is -1.68. The second-order valence-electron chi connectivity index (χ2n) is 5.75. The van der Waals surface area contributed by atoms with Gasteiger partial charge in [0, 0.05) is 23.1 Å². The molecule has 0 spiro atoms. The molecule has 0 radical (unpaired) electrons. The molecule has 4 heteroatoms. The highest BCUT2D eigenvalue weighted by Gasteiger charge is 2.46. The van der Waals surface area contributed by atoms with Crippen molar-refractivity contribution in [2.45, 2.75) is 18.8 Å². The zero-order valence-electron chi connectivity index (χ0n) is 11.5. The van der Waals surface area contributed by atoms with E-state index >= 15 is 0 Å². The monoisotopic (exact) mass is 342 g/mol. The smallest absolute Gasteiger partial charge is 0.230 e. The molecule has 0 bridgehead atoms. The highest BCUT2D eigenvalue weighted by Crippen LogP contribution is 2.49. The number of amides is 1. The number of pyridine rings is 1. The molecule has 1 amide bonds. The maximum Gasteiger partial charge on any atom is 0.230 e. The van der Waals surface area contributed by atoms with E-state index in [0.717, 1.165) is 29.5 Å². The molecule has 2 atom stereocenters. The first kappa shape index (κ1) is 13.0. The second-order valence-corrected chi connectivity index (χ2v) is 6.66. The lowest BCUT2D eigenvalue weighted by atomic mass is 10.1. The van der Waals surface area contributed by atoms with Gasteiger partial charge < -0.3 is 4.90 Å². The maximum absolute atomic E-state index is 12.7. The Morgan fingerprint density at radius 1 is 1.33 bits per heavy atom. The van der Waals surface area contributed by atoms with Crippen molar-refractivity contribution >= 4 is 27.5 Å². The lowest BCUT2D eigenvalue weighted by Gasteiger charge is -2.17. The Kier molecular flexibility index (Phi) is 3.07. The van der Waals surface area contributed by atoms with E-state index < -0.39 is 0 Å². The zero-order chi connectivity index (χ0) is 14.4. The lowest BCUT2D eigenvalue weighted by molar-refractivity contribution is -0.119. The van der Waals surface area contributed by atoms with Crippen LogP contribution in [0, 0.1) is 5.92 Å². The quantitative estimate of drug-likeness (QED) is 0.836. The summed E-state index contributed by atoms with van der Waals surface area (Å²) in [6, 6.07) is 10.3. The average Bonchev–Trinajstić information content (AvgIpc) is 3.19. The summed E-state index contributed by atoms with van der Waals surface area (Å²) in [4.78, 5) is 18.8. The number of anilines is 1. The number of carbonyl (C=O) groups excluding carboxylic acids is 1. The van der Waals surface area contributed by atoms with Crippen LogP contribution in [0.15, 0.2) is 47.2 Å². The molecule has 2 heterocycles. The third-order valence-corrected chi connectivity index (χ3v) is 4.93. The van der Waals surface area contributed by atoms with Crippen LogP contribution < -0.4 is 4.90 Å². The molecule has 106 valence electrons. The molecule has 21 heavy (non-hydrogen) atoms. The minimum atomic E-state index is 0.130. The van der Waals surface area contributed by atoms with Crippen molar-refractivity contribution in [3.63, 3.8) is 0 Å². The molecule has 1 saturated carbocycles. The summed E-state index contributed by atoms with van der Waals surface area (Å²) < 4.78 is 1.08. The summed E-state index contributed by atoms with van der Waals surface area (Å²) in [6.07, 6.45) is 5.52. The van der Waals surface area contributed by atoms with Gasteiger partial charge in [-0.25, -0.2) is 0 Å². The molecule has 2 aliphatic rings. The topological polar surface area (TPSA) is 33.2 Å². The van der Waals surface area contributed by atoms with E-state index in [1.165, 1.54) is 11.1 Å². The first-order valence-electron chi connectivity index (χ1n) is 7.24. The fourth-order valence-electron chi connectivity index (χ4n) is 3.22. The summed E-state index contributed by atoms with van der Waals surface area (Å²) in [7, 11) is 0. The minimum absolute atomic E-state index is 0.130. The minimum Gasteiger partial charge on any atom is -0.310 e. The number of aromatic nitrogens is 1. The van der Waals surface area contributed by atoms with Crippen molar-refractivity contribution in [3.8, 4) is 0 Å². The van der Waals surface area contributed by atoms with Crippen LogP contribution in [0.5, 0.6) is 0 Å². The summed E-state index contributed by atoms with van der Waals surface area (Å²) in [6.45, 7) is 0.793. The van der Waals surface area contributed by atoms with E-state index in [1.54, 1.807) is 6.20 Å². The van der Waals surface area contributed by atoms with Gasteiger partial charge in [-0.2, -0.15) is 0 Å². The van der Waals surface area contributed by atoms with Gasteiger partial charge in [0.2, 0.25) is 5.91 Å². The largest absolute Gasteiger partial charge is 0.310 e. The van der Waals surface area contributed by atoms with Crippen LogP contribution in [-0.4, -0.2) is 17.4 Å². The van der Waals surface area contributed by atoms with E-state index in [1.807, 2.05) is 29.3 Å². The van der Waals surface area contributed by atoms with Gasteiger partial charge in [-0.05, 0) is 48.1 Å². The number of hydrogen-bond donors (Lipinski definition) is 0. The Balaban J connectivity index is 1.53. The zero-order valence-corrected chi connectivity index (χ0v) is 13.1. The van der Waals surface area contributed by atoms with Crippen LogP contribution in [0.4, 0.5) is 5.69 Å². The highest BCUT2D eigenvalue weighted by atomic mass is 79.9. The van der Waals surface area contributed by atoms with E-state index in [0.29, 0.717) is 5.92 Å². The molecule has 1 aliphatic carbocycles. The molecular weight excluding hydrogens is 328 g/mol. The first-order chi connectivity index (χ1) is 10.2. The standard InChI is InChI=1S/C17H15BrN2O/c18-13-3-1-2-12(8-13)14-9-15(14)17(21)20-7-5-11-4-6-19-10-16(11)20/h1-4,6,8,10,14-15H,5,7,9H2/t14-,15-/m1/s1. The van der Waals surface area contributed by atoms with E-state index in [-0.39, 0.29) is 11.8 Å². The molecule has 3 nitrogen and oxygen atoms in total. The normalized spacial score (nSPS) is 23.0. The molecule has 0 unspecified atom stereocenters. The Morgan fingerprint density at radius 3 is 3.10 bits per heavy atom. The van der Waals surface area contributed by atoms with Gasteiger partial charge in [0.05, 0.1) is 11.9 Å². The second kappa shape index (κ2) is 4.95. The molecular formula is C17H15BrN2O. The Labute approximate surface area is 132 Å². The van der Waals surface area contributed by atoms with Gasteiger partial charge >= 0.3 is 0 Å². The van der Waals surface area contributed by atoms with Gasteiger partial charge in [0.15, 0.2) is 0 Å². The highest BCUT2D eigenvalue weighted by molar-refractivity contribution is 9.10. The maximum atomic E-state index is 12.7. The van der Waals surface area contributed by atoms with Crippen molar-refractivity contribution in [2.24, 2.45) is 5.92 Å². The Morgan fingerprint density at radius 2 is 2.24 bits per heavy atom. The van der Waals surface area contributed by atoms with Crippen LogP contribution >= 0.6 is 15.9 Å². The molecule has 1 aliphatic heterocycles. The molecule has 1 aromatic carbocycles. The van der Waals surface area contributed by atoms with Gasteiger partial charge in [-0.1, -0.05) is 28.1 Å².